The van der Waals surface area contributed by atoms with E-state index in [0.29, 0.717) is 5.92 Å². The molecule has 1 aromatic heterocycles. The van der Waals surface area contributed by atoms with Crippen molar-refractivity contribution in [3.8, 4) is 0 Å². The molecule has 0 N–H and O–H groups in total. The third kappa shape index (κ3) is 2.37. The Morgan fingerprint density at radius 2 is 2.27 bits per heavy atom. The molecular formula is C9H16N2. The summed E-state index contributed by atoms with van der Waals surface area (Å²) < 4.78 is 2.11. The number of aryl methyl sites for hydroxylation is 1. The van der Waals surface area contributed by atoms with Crippen LogP contribution < -0.4 is 0 Å². The van der Waals surface area contributed by atoms with Gasteiger partial charge in [-0.15, -0.1) is 0 Å². The molecule has 0 spiro atoms. The number of hydrogen-bond acceptors (Lipinski definition) is 1. The van der Waals surface area contributed by atoms with Gasteiger partial charge in [-0.25, -0.2) is 4.98 Å². The largest absolute Gasteiger partial charge is 0.337 e. The van der Waals surface area contributed by atoms with Crippen LogP contribution in [0.25, 0.3) is 0 Å². The topological polar surface area (TPSA) is 17.8 Å². The number of rotatable bonds is 3. The van der Waals surface area contributed by atoms with Crippen molar-refractivity contribution < 1.29 is 0 Å². The van der Waals surface area contributed by atoms with Crippen molar-refractivity contribution in [2.45, 2.75) is 33.7 Å². The normalized spacial score (nSPS) is 10.9. The first-order valence-corrected chi connectivity index (χ1v) is 4.23. The van der Waals surface area contributed by atoms with Gasteiger partial charge in [-0.1, -0.05) is 13.8 Å². The number of hydrogen-bond donors (Lipinski definition) is 0. The fourth-order valence-electron chi connectivity index (χ4n) is 1.10. The summed E-state index contributed by atoms with van der Waals surface area (Å²) in [6.07, 6.45) is 5.12. The Balaban J connectivity index is 2.58. The molecule has 0 bridgehead atoms. The van der Waals surface area contributed by atoms with E-state index in [-0.39, 0.29) is 0 Å². The Labute approximate surface area is 68.3 Å². The average Bonchev–Trinajstić information content (AvgIpc) is 2.34. The summed E-state index contributed by atoms with van der Waals surface area (Å²) in [5, 5.41) is 0. The van der Waals surface area contributed by atoms with E-state index < -0.39 is 0 Å². The number of imidazole rings is 1. The van der Waals surface area contributed by atoms with Crippen LogP contribution in [0.15, 0.2) is 12.5 Å². The first-order valence-electron chi connectivity index (χ1n) is 4.23. The molecule has 0 radical (unpaired) electrons. The van der Waals surface area contributed by atoms with Crippen LogP contribution in [0.1, 0.15) is 26.5 Å². The van der Waals surface area contributed by atoms with Crippen LogP contribution in [0.3, 0.4) is 0 Å². The molecule has 0 aliphatic rings. The van der Waals surface area contributed by atoms with Crippen LogP contribution >= 0.6 is 0 Å². The van der Waals surface area contributed by atoms with Crippen LogP contribution in [0.4, 0.5) is 0 Å². The lowest BCUT2D eigenvalue weighted by Crippen LogP contribution is -1.94. The van der Waals surface area contributed by atoms with E-state index in [1.807, 2.05) is 6.33 Å². The van der Waals surface area contributed by atoms with Crippen LogP contribution in [-0.4, -0.2) is 9.55 Å². The van der Waals surface area contributed by atoms with Gasteiger partial charge in [0, 0.05) is 12.7 Å². The lowest BCUT2D eigenvalue weighted by Gasteiger charge is -1.98. The number of aromatic nitrogens is 2. The molecule has 11 heavy (non-hydrogen) atoms. The smallest absolute Gasteiger partial charge is 0.0949 e. The van der Waals surface area contributed by atoms with Gasteiger partial charge >= 0.3 is 0 Å². The highest BCUT2D eigenvalue weighted by molar-refractivity contribution is 4.97. The molecule has 0 aliphatic carbocycles. The minimum absolute atomic E-state index is 0.704. The summed E-state index contributed by atoms with van der Waals surface area (Å²) in [4.78, 5) is 4.29. The highest BCUT2D eigenvalue weighted by Gasteiger charge is 1.99. The lowest BCUT2D eigenvalue weighted by molar-refractivity contribution is 0.636. The average molecular weight is 152 g/mol. The third-order valence-corrected chi connectivity index (χ3v) is 1.67. The van der Waals surface area contributed by atoms with Crippen molar-refractivity contribution in [3.05, 3.63) is 18.2 Å². The van der Waals surface area contributed by atoms with Gasteiger partial charge in [0.15, 0.2) is 0 Å². The van der Waals surface area contributed by atoms with Crippen molar-refractivity contribution in [1.82, 2.24) is 9.55 Å². The minimum atomic E-state index is 0.704. The van der Waals surface area contributed by atoms with Crippen molar-refractivity contribution in [2.75, 3.05) is 0 Å². The molecule has 0 saturated carbocycles. The minimum Gasteiger partial charge on any atom is -0.337 e. The standard InChI is InChI=1S/C9H16N2/c1-4-11-6-9(10-7-11)5-8(2)3/h6-8H,4-5H2,1-3H3. The summed E-state index contributed by atoms with van der Waals surface area (Å²) >= 11 is 0. The Kier molecular flexibility index (Phi) is 2.69. The second kappa shape index (κ2) is 3.56. The summed E-state index contributed by atoms with van der Waals surface area (Å²) in [6.45, 7) is 7.57. The molecule has 1 aromatic rings. The zero-order valence-corrected chi connectivity index (χ0v) is 7.54. The second-order valence-corrected chi connectivity index (χ2v) is 3.29. The Hall–Kier alpha value is -0.790. The van der Waals surface area contributed by atoms with Crippen LogP contribution in [0, 0.1) is 5.92 Å². The number of nitrogens with zero attached hydrogens (tertiary/aromatic N) is 2. The van der Waals surface area contributed by atoms with E-state index >= 15 is 0 Å². The van der Waals surface area contributed by atoms with Crippen LogP contribution in [-0.2, 0) is 13.0 Å². The molecule has 0 saturated heterocycles. The van der Waals surface area contributed by atoms with Crippen molar-refractivity contribution in [1.29, 1.82) is 0 Å². The van der Waals surface area contributed by atoms with Crippen LogP contribution in [0.2, 0.25) is 0 Å². The quantitative estimate of drug-likeness (QED) is 0.648. The first-order chi connectivity index (χ1) is 5.22. The van der Waals surface area contributed by atoms with Crippen molar-refractivity contribution in [3.63, 3.8) is 0 Å². The molecular weight excluding hydrogens is 136 g/mol. The predicted molar refractivity (Wildman–Crippen MR) is 46.4 cm³/mol. The van der Waals surface area contributed by atoms with E-state index in [2.05, 4.69) is 36.5 Å². The Bertz CT molecular complexity index is 213. The SMILES string of the molecule is CCn1cnc(CC(C)C)c1. The summed E-state index contributed by atoms with van der Waals surface area (Å²) in [5.41, 5.74) is 1.21. The maximum Gasteiger partial charge on any atom is 0.0949 e. The molecule has 0 fully saturated rings. The van der Waals surface area contributed by atoms with Gasteiger partial charge in [-0.3, -0.25) is 0 Å². The van der Waals surface area contributed by atoms with E-state index in [1.165, 1.54) is 5.69 Å². The zero-order valence-electron chi connectivity index (χ0n) is 7.54. The Morgan fingerprint density at radius 3 is 2.73 bits per heavy atom. The monoisotopic (exact) mass is 152 g/mol. The molecule has 1 rings (SSSR count). The molecule has 2 heteroatoms. The lowest BCUT2D eigenvalue weighted by atomic mass is 10.1. The molecule has 0 unspecified atom stereocenters. The maximum absolute atomic E-state index is 4.29. The summed E-state index contributed by atoms with van der Waals surface area (Å²) in [6, 6.07) is 0. The van der Waals surface area contributed by atoms with E-state index in [1.54, 1.807) is 0 Å². The van der Waals surface area contributed by atoms with Gasteiger partial charge < -0.3 is 4.57 Å². The van der Waals surface area contributed by atoms with Gasteiger partial charge in [0.05, 0.1) is 12.0 Å². The molecule has 0 aromatic carbocycles. The van der Waals surface area contributed by atoms with Gasteiger partial charge in [-0.05, 0) is 19.3 Å². The second-order valence-electron chi connectivity index (χ2n) is 3.29. The molecule has 0 atom stereocenters. The molecule has 0 aliphatic heterocycles. The van der Waals surface area contributed by atoms with Crippen LogP contribution in [0.5, 0.6) is 0 Å². The van der Waals surface area contributed by atoms with Gasteiger partial charge in [0.25, 0.3) is 0 Å². The third-order valence-electron chi connectivity index (χ3n) is 1.67. The molecule has 62 valence electrons. The van der Waals surface area contributed by atoms with Crippen molar-refractivity contribution >= 4 is 0 Å². The molecule has 1 heterocycles. The maximum atomic E-state index is 4.29. The fraction of sp³-hybridized carbons (Fsp3) is 0.667. The van der Waals surface area contributed by atoms with E-state index in [4.69, 9.17) is 0 Å². The van der Waals surface area contributed by atoms with Gasteiger partial charge in [-0.2, -0.15) is 0 Å². The highest BCUT2D eigenvalue weighted by atomic mass is 15.0. The fourth-order valence-corrected chi connectivity index (χ4v) is 1.10. The van der Waals surface area contributed by atoms with E-state index in [9.17, 15) is 0 Å². The predicted octanol–water partition coefficient (Wildman–Crippen LogP) is 2.10. The Morgan fingerprint density at radius 1 is 1.55 bits per heavy atom. The summed E-state index contributed by atoms with van der Waals surface area (Å²) in [5.74, 6) is 0.704. The van der Waals surface area contributed by atoms with Gasteiger partial charge in [0.1, 0.15) is 0 Å². The highest BCUT2D eigenvalue weighted by Crippen LogP contribution is 2.04. The molecule has 0 amide bonds. The molecule has 2 nitrogen and oxygen atoms in total. The first kappa shape index (κ1) is 8.31. The van der Waals surface area contributed by atoms with E-state index in [0.717, 1.165) is 13.0 Å². The summed E-state index contributed by atoms with van der Waals surface area (Å²) in [7, 11) is 0. The zero-order chi connectivity index (χ0) is 8.27. The van der Waals surface area contributed by atoms with Crippen molar-refractivity contribution in [2.24, 2.45) is 5.92 Å². The van der Waals surface area contributed by atoms with Gasteiger partial charge in [0.2, 0.25) is 0 Å².